The topological polar surface area (TPSA) is 104 Å². The van der Waals surface area contributed by atoms with E-state index in [2.05, 4.69) is 5.32 Å². The number of rotatable bonds is 7. The number of likely N-dealkylation sites (N-methyl/N-ethyl adjacent to an activating group) is 1. The SMILES string of the molecule is CC[C@H](C(=O)NC)N(Cc1ccccc1Cl)C(=O)CN1C(=O)c2ccccc2S1(=O)=O. The van der Waals surface area contributed by atoms with Gasteiger partial charge in [0.15, 0.2) is 0 Å². The van der Waals surface area contributed by atoms with Crippen LogP contribution in [0.15, 0.2) is 53.4 Å². The molecule has 3 rings (SSSR count). The molecule has 164 valence electrons. The number of benzene rings is 2. The molecule has 10 heteroatoms. The lowest BCUT2D eigenvalue weighted by molar-refractivity contribution is -0.141. The predicted molar refractivity (Wildman–Crippen MR) is 115 cm³/mol. The molecule has 1 atom stereocenters. The third-order valence-electron chi connectivity index (χ3n) is 5.12. The summed E-state index contributed by atoms with van der Waals surface area (Å²) in [5, 5.41) is 2.93. The Morgan fingerprint density at radius 3 is 2.39 bits per heavy atom. The number of carbonyl (C=O) groups is 3. The van der Waals surface area contributed by atoms with E-state index in [-0.39, 0.29) is 23.4 Å². The number of nitrogens with zero attached hydrogens (tertiary/aromatic N) is 2. The van der Waals surface area contributed by atoms with Gasteiger partial charge in [-0.1, -0.05) is 48.9 Å². The normalized spacial score (nSPS) is 15.3. The molecule has 0 aromatic heterocycles. The third-order valence-corrected chi connectivity index (χ3v) is 7.28. The average Bonchev–Trinajstić information content (AvgIpc) is 2.95. The molecule has 2 aromatic carbocycles. The van der Waals surface area contributed by atoms with E-state index in [1.807, 2.05) is 0 Å². The Balaban J connectivity index is 1.94. The number of carbonyl (C=O) groups excluding carboxylic acids is 3. The highest BCUT2D eigenvalue weighted by Crippen LogP contribution is 2.30. The van der Waals surface area contributed by atoms with Crippen molar-refractivity contribution < 1.29 is 22.8 Å². The second-order valence-electron chi connectivity index (χ2n) is 6.96. The molecule has 8 nitrogen and oxygen atoms in total. The van der Waals surface area contributed by atoms with Crippen molar-refractivity contribution in [3.8, 4) is 0 Å². The average molecular weight is 464 g/mol. The van der Waals surface area contributed by atoms with Crippen LogP contribution in [0.3, 0.4) is 0 Å². The van der Waals surface area contributed by atoms with E-state index in [1.54, 1.807) is 37.3 Å². The van der Waals surface area contributed by atoms with Crippen molar-refractivity contribution in [1.82, 2.24) is 14.5 Å². The van der Waals surface area contributed by atoms with Gasteiger partial charge < -0.3 is 10.2 Å². The molecule has 3 amide bonds. The fourth-order valence-corrected chi connectivity index (χ4v) is 5.21. The molecule has 2 aromatic rings. The summed E-state index contributed by atoms with van der Waals surface area (Å²) in [6, 6.07) is 11.8. The molecule has 1 N–H and O–H groups in total. The first-order chi connectivity index (χ1) is 14.7. The Morgan fingerprint density at radius 1 is 1.13 bits per heavy atom. The quantitative estimate of drug-likeness (QED) is 0.676. The molecule has 31 heavy (non-hydrogen) atoms. The third kappa shape index (κ3) is 4.28. The summed E-state index contributed by atoms with van der Waals surface area (Å²) in [5.41, 5.74) is 0.616. The first kappa shape index (κ1) is 22.8. The summed E-state index contributed by atoms with van der Waals surface area (Å²) in [5.74, 6) is -1.85. The van der Waals surface area contributed by atoms with Gasteiger partial charge in [0, 0.05) is 18.6 Å². The van der Waals surface area contributed by atoms with Crippen molar-refractivity contribution in [1.29, 1.82) is 0 Å². The first-order valence-corrected chi connectivity index (χ1v) is 11.4. The number of hydrogen-bond donors (Lipinski definition) is 1. The largest absolute Gasteiger partial charge is 0.357 e. The zero-order valence-corrected chi connectivity index (χ0v) is 18.6. The highest BCUT2D eigenvalue weighted by molar-refractivity contribution is 7.90. The minimum atomic E-state index is -4.15. The maximum atomic E-state index is 13.3. The van der Waals surface area contributed by atoms with Gasteiger partial charge in [0.1, 0.15) is 17.5 Å². The van der Waals surface area contributed by atoms with Gasteiger partial charge >= 0.3 is 0 Å². The van der Waals surface area contributed by atoms with Gasteiger partial charge in [-0.3, -0.25) is 14.4 Å². The van der Waals surface area contributed by atoms with Crippen LogP contribution in [0.2, 0.25) is 5.02 Å². The van der Waals surface area contributed by atoms with Crippen LogP contribution in [0.1, 0.15) is 29.3 Å². The molecule has 0 radical (unpaired) electrons. The summed E-state index contributed by atoms with van der Waals surface area (Å²) in [6.45, 7) is 1.01. The Hall–Kier alpha value is -2.91. The van der Waals surface area contributed by atoms with Crippen molar-refractivity contribution in [3.05, 3.63) is 64.7 Å². The summed E-state index contributed by atoms with van der Waals surface area (Å²) in [7, 11) is -2.70. The number of sulfonamides is 1. The van der Waals surface area contributed by atoms with Crippen molar-refractivity contribution in [2.75, 3.05) is 13.6 Å². The zero-order chi connectivity index (χ0) is 22.8. The Kier molecular flexibility index (Phi) is 6.66. The summed E-state index contributed by atoms with van der Waals surface area (Å²) < 4.78 is 26.2. The van der Waals surface area contributed by atoms with Gasteiger partial charge in [0.05, 0.1) is 5.56 Å². The Bertz CT molecular complexity index is 1140. The second-order valence-corrected chi connectivity index (χ2v) is 9.20. The monoisotopic (exact) mass is 463 g/mol. The van der Waals surface area contributed by atoms with E-state index in [0.717, 1.165) is 0 Å². The summed E-state index contributed by atoms with van der Waals surface area (Å²) in [4.78, 5) is 39.5. The highest BCUT2D eigenvalue weighted by Gasteiger charge is 2.43. The van der Waals surface area contributed by atoms with Crippen LogP contribution in [-0.2, 0) is 26.2 Å². The molecule has 0 bridgehead atoms. The molecule has 0 aliphatic carbocycles. The number of hydrogen-bond acceptors (Lipinski definition) is 5. The minimum absolute atomic E-state index is 0.0144. The van der Waals surface area contributed by atoms with Gasteiger partial charge in [-0.2, -0.15) is 0 Å². The van der Waals surface area contributed by atoms with E-state index in [0.29, 0.717) is 14.9 Å². The lowest BCUT2D eigenvalue weighted by atomic mass is 10.1. The van der Waals surface area contributed by atoms with Crippen LogP contribution >= 0.6 is 11.6 Å². The van der Waals surface area contributed by atoms with Gasteiger partial charge in [-0.25, -0.2) is 12.7 Å². The Morgan fingerprint density at radius 2 is 1.77 bits per heavy atom. The molecule has 0 saturated heterocycles. The number of halogens is 1. The smallest absolute Gasteiger partial charge is 0.269 e. The molecule has 0 spiro atoms. The molecule has 0 fully saturated rings. The minimum Gasteiger partial charge on any atom is -0.357 e. The van der Waals surface area contributed by atoms with Crippen LogP contribution in [0.4, 0.5) is 0 Å². The lowest BCUT2D eigenvalue weighted by Crippen LogP contribution is -2.51. The zero-order valence-electron chi connectivity index (χ0n) is 17.0. The van der Waals surface area contributed by atoms with Crippen molar-refractivity contribution >= 4 is 39.3 Å². The van der Waals surface area contributed by atoms with Gasteiger partial charge in [-0.05, 0) is 30.2 Å². The van der Waals surface area contributed by atoms with E-state index >= 15 is 0 Å². The highest BCUT2D eigenvalue weighted by atomic mass is 35.5. The van der Waals surface area contributed by atoms with Crippen LogP contribution < -0.4 is 5.32 Å². The van der Waals surface area contributed by atoms with E-state index in [1.165, 1.54) is 30.1 Å². The molecule has 0 unspecified atom stereocenters. The van der Waals surface area contributed by atoms with Gasteiger partial charge in [-0.15, -0.1) is 0 Å². The van der Waals surface area contributed by atoms with Crippen LogP contribution in [0, 0.1) is 0 Å². The predicted octanol–water partition coefficient (Wildman–Crippen LogP) is 2.04. The molecule has 0 saturated carbocycles. The maximum Gasteiger partial charge on any atom is 0.269 e. The molecule has 1 aliphatic rings. The Labute approximate surface area is 185 Å². The van der Waals surface area contributed by atoms with E-state index in [9.17, 15) is 22.8 Å². The molecule has 1 aliphatic heterocycles. The van der Waals surface area contributed by atoms with Crippen LogP contribution in [0.25, 0.3) is 0 Å². The van der Waals surface area contributed by atoms with Gasteiger partial charge in [0.25, 0.3) is 15.9 Å². The summed E-state index contributed by atoms with van der Waals surface area (Å²) in [6.07, 6.45) is 0.288. The molecular weight excluding hydrogens is 442 g/mol. The standard InChI is InChI=1S/C21H22ClN3O5S/c1-3-17(20(27)23-2)24(12-14-8-4-6-10-16(14)22)19(26)13-25-21(28)15-9-5-7-11-18(15)31(25,29)30/h4-11,17H,3,12-13H2,1-2H3,(H,23,27)/t17-/m1/s1. The first-order valence-electron chi connectivity index (χ1n) is 9.63. The summed E-state index contributed by atoms with van der Waals surface area (Å²) >= 11 is 6.24. The fourth-order valence-electron chi connectivity index (χ4n) is 3.50. The van der Waals surface area contributed by atoms with E-state index in [4.69, 9.17) is 11.6 Å². The van der Waals surface area contributed by atoms with Crippen molar-refractivity contribution in [2.24, 2.45) is 0 Å². The molecule has 1 heterocycles. The van der Waals surface area contributed by atoms with E-state index < -0.39 is 40.3 Å². The van der Waals surface area contributed by atoms with Crippen molar-refractivity contribution in [2.45, 2.75) is 30.8 Å². The van der Waals surface area contributed by atoms with Gasteiger partial charge in [0.2, 0.25) is 11.8 Å². The van der Waals surface area contributed by atoms with Crippen LogP contribution in [0.5, 0.6) is 0 Å². The second kappa shape index (κ2) is 9.07. The fraction of sp³-hybridized carbons (Fsp3) is 0.286. The van der Waals surface area contributed by atoms with Crippen LogP contribution in [-0.4, -0.2) is 55.0 Å². The maximum absolute atomic E-state index is 13.3. The number of amides is 3. The lowest BCUT2D eigenvalue weighted by Gasteiger charge is -2.31. The number of fused-ring (bicyclic) bond motifs is 1. The van der Waals surface area contributed by atoms with Crippen molar-refractivity contribution in [3.63, 3.8) is 0 Å². The molecular formula is C21H22ClN3O5S. The number of nitrogens with one attached hydrogen (secondary N) is 1.